The van der Waals surface area contributed by atoms with Gasteiger partial charge in [-0.3, -0.25) is 4.79 Å². The largest absolute Gasteiger partial charge is 0.352 e. The van der Waals surface area contributed by atoms with Gasteiger partial charge in [0, 0.05) is 11.1 Å². The molecule has 0 saturated heterocycles. The third-order valence-corrected chi connectivity index (χ3v) is 3.08. The number of nitrogens with one attached hydrogen (secondary N) is 1. The van der Waals surface area contributed by atoms with Crippen LogP contribution in [0.25, 0.3) is 0 Å². The maximum Gasteiger partial charge on any atom is 0.207 e. The molecule has 0 bridgehead atoms. The highest BCUT2D eigenvalue weighted by molar-refractivity contribution is 6.39. The number of halogens is 2. The summed E-state index contributed by atoms with van der Waals surface area (Å²) in [6, 6.07) is 0.0434. The van der Waals surface area contributed by atoms with Crippen molar-refractivity contribution in [3.05, 3.63) is 11.1 Å². The fraction of sp³-hybridized carbons (Fsp3) is 0.625. The van der Waals surface area contributed by atoms with Gasteiger partial charge in [-0.2, -0.15) is 0 Å². The molecule has 68 valence electrons. The Morgan fingerprint density at radius 3 is 3.00 bits per heavy atom. The lowest BCUT2D eigenvalue weighted by Crippen LogP contribution is -2.34. The van der Waals surface area contributed by atoms with Crippen molar-refractivity contribution in [3.63, 3.8) is 0 Å². The van der Waals surface area contributed by atoms with Crippen LogP contribution in [-0.4, -0.2) is 17.3 Å². The standard InChI is InChI=1S/C8H11Cl2NO/c1-8(10)3-2-6(11-5-12)4-7(8)9/h4-6H,2-3H2,1H3,(H,11,12). The van der Waals surface area contributed by atoms with Crippen LogP contribution in [0.15, 0.2) is 11.1 Å². The number of amides is 1. The van der Waals surface area contributed by atoms with Crippen LogP contribution in [-0.2, 0) is 4.79 Å². The molecule has 0 radical (unpaired) electrons. The smallest absolute Gasteiger partial charge is 0.207 e. The first-order chi connectivity index (χ1) is 5.56. The fourth-order valence-electron chi connectivity index (χ4n) is 1.20. The highest BCUT2D eigenvalue weighted by Gasteiger charge is 2.30. The van der Waals surface area contributed by atoms with Gasteiger partial charge in [0.1, 0.15) is 0 Å². The van der Waals surface area contributed by atoms with Crippen LogP contribution in [0.5, 0.6) is 0 Å². The summed E-state index contributed by atoms with van der Waals surface area (Å²) in [5.41, 5.74) is 0. The maximum atomic E-state index is 10.1. The number of carbonyl (C=O) groups excluding carboxylic acids is 1. The van der Waals surface area contributed by atoms with Crippen LogP contribution in [0.2, 0.25) is 0 Å². The van der Waals surface area contributed by atoms with Crippen molar-refractivity contribution in [2.45, 2.75) is 30.7 Å². The van der Waals surface area contributed by atoms with E-state index in [1.54, 1.807) is 6.08 Å². The molecule has 0 spiro atoms. The summed E-state index contributed by atoms with van der Waals surface area (Å²) >= 11 is 12.0. The predicted octanol–water partition coefficient (Wildman–Crippen LogP) is 2.01. The number of rotatable bonds is 2. The number of alkyl halides is 1. The zero-order valence-corrected chi connectivity index (χ0v) is 8.32. The Kier molecular flexibility index (Phi) is 3.02. The lowest BCUT2D eigenvalue weighted by atomic mass is 9.93. The number of hydrogen-bond donors (Lipinski definition) is 1. The van der Waals surface area contributed by atoms with Gasteiger partial charge in [0.15, 0.2) is 0 Å². The molecular formula is C8H11Cl2NO. The van der Waals surface area contributed by atoms with Crippen molar-refractivity contribution in [2.24, 2.45) is 0 Å². The van der Waals surface area contributed by atoms with Crippen LogP contribution in [0.3, 0.4) is 0 Å². The number of allylic oxidation sites excluding steroid dienone is 1. The Morgan fingerprint density at radius 1 is 1.83 bits per heavy atom. The van der Waals surface area contributed by atoms with E-state index in [2.05, 4.69) is 5.32 Å². The van der Waals surface area contributed by atoms with Gasteiger partial charge in [-0.1, -0.05) is 11.6 Å². The molecule has 1 rings (SSSR count). The molecule has 1 amide bonds. The van der Waals surface area contributed by atoms with E-state index in [9.17, 15) is 4.79 Å². The Morgan fingerprint density at radius 2 is 2.50 bits per heavy atom. The second-order valence-electron chi connectivity index (χ2n) is 3.14. The van der Waals surface area contributed by atoms with E-state index in [1.165, 1.54) is 0 Å². The molecule has 0 heterocycles. The van der Waals surface area contributed by atoms with Crippen molar-refractivity contribution in [2.75, 3.05) is 0 Å². The second-order valence-corrected chi connectivity index (χ2v) is 4.38. The monoisotopic (exact) mass is 207 g/mol. The van der Waals surface area contributed by atoms with Gasteiger partial charge in [0.2, 0.25) is 6.41 Å². The molecule has 0 aliphatic heterocycles. The average Bonchev–Trinajstić information content (AvgIpc) is 1.98. The molecule has 0 fully saturated rings. The van der Waals surface area contributed by atoms with Crippen molar-refractivity contribution >= 4 is 29.6 Å². The average molecular weight is 208 g/mol. The van der Waals surface area contributed by atoms with Gasteiger partial charge in [-0.05, 0) is 25.8 Å². The Hall–Kier alpha value is -0.210. The van der Waals surface area contributed by atoms with Gasteiger partial charge < -0.3 is 5.32 Å². The van der Waals surface area contributed by atoms with Crippen molar-refractivity contribution < 1.29 is 4.79 Å². The highest BCUT2D eigenvalue weighted by Crippen LogP contribution is 2.36. The minimum absolute atomic E-state index is 0.0434. The van der Waals surface area contributed by atoms with E-state index in [4.69, 9.17) is 23.2 Å². The predicted molar refractivity (Wildman–Crippen MR) is 50.4 cm³/mol. The van der Waals surface area contributed by atoms with E-state index >= 15 is 0 Å². The maximum absolute atomic E-state index is 10.1. The van der Waals surface area contributed by atoms with E-state index in [-0.39, 0.29) is 6.04 Å². The lowest BCUT2D eigenvalue weighted by molar-refractivity contribution is -0.109. The third-order valence-electron chi connectivity index (χ3n) is 2.05. The van der Waals surface area contributed by atoms with Crippen LogP contribution in [0.4, 0.5) is 0 Å². The van der Waals surface area contributed by atoms with Gasteiger partial charge in [-0.15, -0.1) is 11.6 Å². The van der Waals surface area contributed by atoms with Crippen molar-refractivity contribution in [1.82, 2.24) is 5.32 Å². The summed E-state index contributed by atoms with van der Waals surface area (Å²) in [5.74, 6) is 0. The Labute approximate surface area is 81.9 Å². The van der Waals surface area contributed by atoms with Crippen LogP contribution >= 0.6 is 23.2 Å². The fourth-order valence-corrected chi connectivity index (χ4v) is 1.62. The summed E-state index contributed by atoms with van der Waals surface area (Å²) in [7, 11) is 0. The van der Waals surface area contributed by atoms with Crippen LogP contribution in [0, 0.1) is 0 Å². The molecule has 2 atom stereocenters. The molecule has 0 aromatic heterocycles. The first-order valence-corrected chi connectivity index (χ1v) is 4.58. The molecule has 1 aliphatic carbocycles. The van der Waals surface area contributed by atoms with Gasteiger partial charge >= 0.3 is 0 Å². The molecule has 2 nitrogen and oxygen atoms in total. The second kappa shape index (κ2) is 3.67. The summed E-state index contributed by atoms with van der Waals surface area (Å²) in [6.07, 6.45) is 4.11. The van der Waals surface area contributed by atoms with E-state index in [1.807, 2.05) is 6.92 Å². The van der Waals surface area contributed by atoms with E-state index in [0.29, 0.717) is 11.4 Å². The summed E-state index contributed by atoms with van der Waals surface area (Å²) in [6.45, 7) is 1.88. The molecule has 0 saturated carbocycles. The first kappa shape index (κ1) is 9.87. The van der Waals surface area contributed by atoms with E-state index in [0.717, 1.165) is 12.8 Å². The van der Waals surface area contributed by atoms with Gasteiger partial charge in [0.05, 0.1) is 4.87 Å². The Bertz CT molecular complexity index is 213. The van der Waals surface area contributed by atoms with Gasteiger partial charge in [0.25, 0.3) is 0 Å². The highest BCUT2D eigenvalue weighted by atomic mass is 35.5. The van der Waals surface area contributed by atoms with Crippen LogP contribution in [0.1, 0.15) is 19.8 Å². The van der Waals surface area contributed by atoms with Gasteiger partial charge in [-0.25, -0.2) is 0 Å². The quantitative estimate of drug-likeness (QED) is 0.545. The molecule has 12 heavy (non-hydrogen) atoms. The molecular weight excluding hydrogens is 197 g/mol. The summed E-state index contributed by atoms with van der Waals surface area (Å²) < 4.78 is 0. The summed E-state index contributed by atoms with van der Waals surface area (Å²) in [4.78, 5) is 9.68. The summed E-state index contributed by atoms with van der Waals surface area (Å²) in [5, 5.41) is 3.27. The SMILES string of the molecule is CC1(Cl)CCC(NC=O)C=C1Cl. The molecule has 0 aromatic rings. The molecule has 4 heteroatoms. The Balaban J connectivity index is 2.68. The lowest BCUT2D eigenvalue weighted by Gasteiger charge is -2.29. The topological polar surface area (TPSA) is 29.1 Å². The normalized spacial score (nSPS) is 35.6. The van der Waals surface area contributed by atoms with Crippen molar-refractivity contribution in [3.8, 4) is 0 Å². The third kappa shape index (κ3) is 2.14. The number of hydrogen-bond acceptors (Lipinski definition) is 1. The number of carbonyl (C=O) groups is 1. The minimum Gasteiger partial charge on any atom is -0.352 e. The first-order valence-electron chi connectivity index (χ1n) is 3.82. The molecule has 2 unspecified atom stereocenters. The van der Waals surface area contributed by atoms with Crippen molar-refractivity contribution in [1.29, 1.82) is 0 Å². The zero-order valence-electron chi connectivity index (χ0n) is 6.81. The minimum atomic E-state index is -0.442. The molecule has 1 aliphatic rings. The zero-order chi connectivity index (χ0) is 9.19. The molecule has 1 N–H and O–H groups in total. The van der Waals surface area contributed by atoms with Crippen LogP contribution < -0.4 is 5.32 Å². The van der Waals surface area contributed by atoms with E-state index < -0.39 is 4.87 Å². The molecule has 0 aromatic carbocycles.